The number of nitrogens with zero attached hydrogens (tertiary/aromatic N) is 4. The highest BCUT2D eigenvalue weighted by Gasteiger charge is 2.36. The Kier molecular flexibility index (Phi) is 6.40. The molecular weight excluding hydrogens is 486 g/mol. The van der Waals surface area contributed by atoms with E-state index in [1.807, 2.05) is 89.3 Å². The zero-order valence-corrected chi connectivity index (χ0v) is 22.3. The van der Waals surface area contributed by atoms with E-state index < -0.39 is 0 Å². The number of carbonyl (C=O) groups excluding carboxylic acids is 1. The molecule has 196 valence electrons. The van der Waals surface area contributed by atoms with Crippen LogP contribution in [0.25, 0.3) is 11.5 Å². The van der Waals surface area contributed by atoms with E-state index >= 15 is 0 Å². The van der Waals surface area contributed by atoms with Crippen LogP contribution in [0.4, 0.5) is 10.5 Å². The topological polar surface area (TPSA) is 64.3 Å². The number of carbonyl (C=O) groups is 1. The molecule has 0 saturated carbocycles. The van der Waals surface area contributed by atoms with E-state index in [-0.39, 0.29) is 12.1 Å². The van der Waals surface area contributed by atoms with Gasteiger partial charge in [-0.2, -0.15) is 5.10 Å². The second kappa shape index (κ2) is 10.2. The Hall–Kier alpha value is -4.78. The van der Waals surface area contributed by atoms with Crippen LogP contribution in [0.3, 0.4) is 0 Å². The molecule has 1 atom stereocenters. The van der Waals surface area contributed by atoms with Crippen molar-refractivity contribution < 1.29 is 9.53 Å². The first-order chi connectivity index (χ1) is 19.1. The van der Waals surface area contributed by atoms with Crippen molar-refractivity contribution in [2.75, 3.05) is 12.4 Å². The van der Waals surface area contributed by atoms with Gasteiger partial charge in [0.2, 0.25) is 0 Å². The van der Waals surface area contributed by atoms with Crippen molar-refractivity contribution in [1.29, 1.82) is 0 Å². The third kappa shape index (κ3) is 4.46. The van der Waals surface area contributed by atoms with E-state index in [1.165, 1.54) is 0 Å². The van der Waals surface area contributed by atoms with Crippen LogP contribution in [0.1, 0.15) is 41.0 Å². The van der Waals surface area contributed by atoms with Gasteiger partial charge >= 0.3 is 6.03 Å². The lowest BCUT2D eigenvalue weighted by Gasteiger charge is -2.31. The Morgan fingerprint density at radius 3 is 2.51 bits per heavy atom. The summed E-state index contributed by atoms with van der Waals surface area (Å²) >= 11 is 0. The van der Waals surface area contributed by atoms with Crippen LogP contribution < -0.4 is 10.1 Å². The molecule has 0 unspecified atom stereocenters. The molecule has 0 spiro atoms. The van der Waals surface area contributed by atoms with Crippen molar-refractivity contribution in [3.05, 3.63) is 125 Å². The van der Waals surface area contributed by atoms with Crippen molar-refractivity contribution >= 4 is 11.7 Å². The van der Waals surface area contributed by atoms with E-state index in [4.69, 9.17) is 9.84 Å². The summed E-state index contributed by atoms with van der Waals surface area (Å²) in [4.78, 5) is 16.0. The molecule has 3 aromatic carbocycles. The van der Waals surface area contributed by atoms with Crippen molar-refractivity contribution in [3.63, 3.8) is 0 Å². The van der Waals surface area contributed by atoms with Crippen molar-refractivity contribution in [2.45, 2.75) is 32.9 Å². The van der Waals surface area contributed by atoms with E-state index in [2.05, 4.69) is 41.2 Å². The lowest BCUT2D eigenvalue weighted by molar-refractivity contribution is 0.194. The Bertz CT molecular complexity index is 1620. The largest absolute Gasteiger partial charge is 0.497 e. The standard InChI is InChI=1S/C32H31N5O2/c1-4-28-27-21-36(32(38)33-24-11-8-10-22(2)20-24)30(23-15-17-26(39-3)18-16-23)29-14-9-19-35(29)31(27)37(34-28)25-12-6-5-7-13-25/h5-20,30H,4,21H2,1-3H3,(H,33,38)/t30-/m0/s1. The summed E-state index contributed by atoms with van der Waals surface area (Å²) in [5.74, 6) is 1.73. The third-order valence-electron chi connectivity index (χ3n) is 7.27. The molecule has 2 amide bonds. The zero-order chi connectivity index (χ0) is 26.9. The van der Waals surface area contributed by atoms with Crippen LogP contribution in [0.2, 0.25) is 0 Å². The van der Waals surface area contributed by atoms with Gasteiger partial charge in [0.15, 0.2) is 0 Å². The third-order valence-corrected chi connectivity index (χ3v) is 7.27. The van der Waals surface area contributed by atoms with Crippen LogP contribution in [0.15, 0.2) is 97.2 Å². The van der Waals surface area contributed by atoms with Gasteiger partial charge in [-0.05, 0) is 73.0 Å². The molecule has 5 aromatic rings. The summed E-state index contributed by atoms with van der Waals surface area (Å²) in [6.45, 7) is 4.53. The minimum absolute atomic E-state index is 0.170. The Morgan fingerprint density at radius 1 is 1.00 bits per heavy atom. The first-order valence-electron chi connectivity index (χ1n) is 13.2. The number of hydrogen-bond donors (Lipinski definition) is 1. The van der Waals surface area contributed by atoms with Crippen LogP contribution in [0.5, 0.6) is 5.75 Å². The molecule has 0 bridgehead atoms. The average Bonchev–Trinajstić information content (AvgIpc) is 3.55. The molecule has 3 heterocycles. The van der Waals surface area contributed by atoms with Crippen LogP contribution >= 0.6 is 0 Å². The minimum atomic E-state index is -0.336. The van der Waals surface area contributed by atoms with Gasteiger partial charge in [0.1, 0.15) is 11.6 Å². The minimum Gasteiger partial charge on any atom is -0.497 e. The van der Waals surface area contributed by atoms with Crippen molar-refractivity contribution in [2.24, 2.45) is 0 Å². The van der Waals surface area contributed by atoms with E-state index in [0.717, 1.165) is 57.4 Å². The number of nitrogens with one attached hydrogen (secondary N) is 1. The monoisotopic (exact) mass is 517 g/mol. The highest BCUT2D eigenvalue weighted by molar-refractivity contribution is 5.90. The zero-order valence-electron chi connectivity index (χ0n) is 22.3. The number of urea groups is 1. The summed E-state index contributed by atoms with van der Waals surface area (Å²) in [7, 11) is 1.66. The van der Waals surface area contributed by atoms with Gasteiger partial charge < -0.3 is 19.5 Å². The van der Waals surface area contributed by atoms with E-state index in [1.54, 1.807) is 7.11 Å². The summed E-state index contributed by atoms with van der Waals surface area (Å²) in [5.41, 5.74) is 6.82. The number of methoxy groups -OCH3 is 1. The maximum Gasteiger partial charge on any atom is 0.322 e. The first-order valence-corrected chi connectivity index (χ1v) is 13.2. The second-order valence-corrected chi connectivity index (χ2v) is 9.76. The molecule has 39 heavy (non-hydrogen) atoms. The summed E-state index contributed by atoms with van der Waals surface area (Å²) in [6.07, 6.45) is 2.81. The number of benzene rings is 3. The van der Waals surface area contributed by atoms with Crippen molar-refractivity contribution in [1.82, 2.24) is 19.2 Å². The normalized spacial score (nSPS) is 14.3. The number of aromatic nitrogens is 3. The molecule has 2 aromatic heterocycles. The van der Waals surface area contributed by atoms with Crippen LogP contribution in [0, 0.1) is 6.92 Å². The highest BCUT2D eigenvalue weighted by Crippen LogP contribution is 2.39. The fourth-order valence-corrected chi connectivity index (χ4v) is 5.40. The Morgan fingerprint density at radius 2 is 1.79 bits per heavy atom. The van der Waals surface area contributed by atoms with Gasteiger partial charge in [0, 0.05) is 17.4 Å². The van der Waals surface area contributed by atoms with Gasteiger partial charge in [-0.1, -0.05) is 49.4 Å². The number of amides is 2. The maximum absolute atomic E-state index is 14.1. The van der Waals surface area contributed by atoms with E-state index in [0.29, 0.717) is 6.54 Å². The molecule has 7 heteroatoms. The van der Waals surface area contributed by atoms with Crippen molar-refractivity contribution in [3.8, 4) is 17.3 Å². The van der Waals surface area contributed by atoms with Gasteiger partial charge in [-0.3, -0.25) is 0 Å². The molecule has 0 aliphatic carbocycles. The average molecular weight is 518 g/mol. The molecule has 1 aliphatic rings. The number of rotatable bonds is 5. The molecule has 6 rings (SSSR count). The van der Waals surface area contributed by atoms with Crippen LogP contribution in [-0.4, -0.2) is 32.4 Å². The number of fused-ring (bicyclic) bond motifs is 3. The molecule has 1 aliphatic heterocycles. The summed E-state index contributed by atoms with van der Waals surface area (Å²) in [6, 6.07) is 29.6. The number of para-hydroxylation sites is 1. The second-order valence-electron chi connectivity index (χ2n) is 9.76. The smallest absolute Gasteiger partial charge is 0.322 e. The Balaban J connectivity index is 1.54. The van der Waals surface area contributed by atoms with Gasteiger partial charge in [-0.25, -0.2) is 9.48 Å². The lowest BCUT2D eigenvalue weighted by Crippen LogP contribution is -2.38. The number of hydrogen-bond acceptors (Lipinski definition) is 3. The predicted octanol–water partition coefficient (Wildman–Crippen LogP) is 6.68. The quantitative estimate of drug-likeness (QED) is 0.283. The van der Waals surface area contributed by atoms with E-state index in [9.17, 15) is 4.79 Å². The number of anilines is 1. The molecule has 7 nitrogen and oxygen atoms in total. The maximum atomic E-state index is 14.1. The predicted molar refractivity (Wildman–Crippen MR) is 153 cm³/mol. The fraction of sp³-hybridized carbons (Fsp3) is 0.188. The molecule has 0 saturated heterocycles. The summed E-state index contributed by atoms with van der Waals surface area (Å²) < 4.78 is 9.61. The SMILES string of the molecule is CCc1nn(-c2ccccc2)c2c1CN(C(=O)Nc1cccc(C)c1)[C@@H](c1ccc(OC)cc1)c1cccn1-2. The van der Waals surface area contributed by atoms with Gasteiger partial charge in [0.25, 0.3) is 0 Å². The highest BCUT2D eigenvalue weighted by atomic mass is 16.5. The number of aryl methyl sites for hydroxylation is 2. The lowest BCUT2D eigenvalue weighted by atomic mass is 10.0. The fourth-order valence-electron chi connectivity index (χ4n) is 5.40. The van der Waals surface area contributed by atoms with Crippen LogP contribution in [-0.2, 0) is 13.0 Å². The first kappa shape index (κ1) is 24.6. The number of ether oxygens (including phenoxy) is 1. The molecular formula is C32H31N5O2. The molecule has 0 radical (unpaired) electrons. The van der Waals surface area contributed by atoms with Gasteiger partial charge in [0.05, 0.1) is 36.8 Å². The Labute approximate surface area is 228 Å². The van der Waals surface area contributed by atoms with Gasteiger partial charge in [-0.15, -0.1) is 0 Å². The molecule has 1 N–H and O–H groups in total. The molecule has 0 fully saturated rings. The summed E-state index contributed by atoms with van der Waals surface area (Å²) in [5, 5.41) is 8.19.